The molecule has 0 aliphatic carbocycles. The molecule has 14 heavy (non-hydrogen) atoms. The van der Waals surface area contributed by atoms with Crippen molar-refractivity contribution in [3.8, 4) is 0 Å². The topological polar surface area (TPSA) is 46.5 Å². The van der Waals surface area contributed by atoms with Crippen LogP contribution in [0.25, 0.3) is 0 Å². The van der Waals surface area contributed by atoms with Gasteiger partial charge in [-0.2, -0.15) is 0 Å². The molecular formula is C11H14O3. The summed E-state index contributed by atoms with van der Waals surface area (Å²) in [7, 11) is 0. The Kier molecular flexibility index (Phi) is 4.13. The molecule has 0 amide bonds. The lowest BCUT2D eigenvalue weighted by atomic mass is 10.1. The summed E-state index contributed by atoms with van der Waals surface area (Å²) in [4.78, 5) is 10.1. The van der Waals surface area contributed by atoms with Crippen molar-refractivity contribution in [2.45, 2.75) is 26.1 Å². The van der Waals surface area contributed by atoms with E-state index >= 15 is 0 Å². The molecule has 0 aliphatic heterocycles. The van der Waals surface area contributed by atoms with Gasteiger partial charge in [0.15, 0.2) is 0 Å². The second-order valence-electron chi connectivity index (χ2n) is 3.22. The van der Waals surface area contributed by atoms with Crippen molar-refractivity contribution in [2.75, 3.05) is 0 Å². The first-order valence-corrected chi connectivity index (χ1v) is 4.54. The highest BCUT2D eigenvalue weighted by Crippen LogP contribution is 2.08. The van der Waals surface area contributed by atoms with E-state index in [-0.39, 0.29) is 12.7 Å². The summed E-state index contributed by atoms with van der Waals surface area (Å²) in [6.07, 6.45) is 0.595. The monoisotopic (exact) mass is 194 g/mol. The van der Waals surface area contributed by atoms with Crippen molar-refractivity contribution in [3.63, 3.8) is 0 Å². The van der Waals surface area contributed by atoms with Crippen molar-refractivity contribution in [3.05, 3.63) is 35.4 Å². The Bertz CT molecular complexity index is 279. The SMILES string of the molecule is CC(Cc1ccc(CO)cc1)OC=O. The van der Waals surface area contributed by atoms with Crippen LogP contribution in [-0.4, -0.2) is 17.7 Å². The molecule has 0 aliphatic rings. The van der Waals surface area contributed by atoms with E-state index in [2.05, 4.69) is 0 Å². The molecule has 1 unspecified atom stereocenters. The third-order valence-electron chi connectivity index (χ3n) is 2.02. The molecule has 0 bridgehead atoms. The van der Waals surface area contributed by atoms with Crippen molar-refractivity contribution in [1.82, 2.24) is 0 Å². The molecule has 0 saturated carbocycles. The fourth-order valence-corrected chi connectivity index (χ4v) is 1.26. The van der Waals surface area contributed by atoms with Gasteiger partial charge >= 0.3 is 0 Å². The van der Waals surface area contributed by atoms with Gasteiger partial charge in [0, 0.05) is 6.42 Å². The van der Waals surface area contributed by atoms with Crippen molar-refractivity contribution < 1.29 is 14.6 Å². The number of aliphatic hydroxyl groups is 1. The Hall–Kier alpha value is -1.35. The molecule has 0 radical (unpaired) electrons. The lowest BCUT2D eigenvalue weighted by molar-refractivity contribution is -0.132. The maximum atomic E-state index is 10.1. The first-order chi connectivity index (χ1) is 6.76. The molecule has 0 aromatic heterocycles. The van der Waals surface area contributed by atoms with Crippen LogP contribution in [-0.2, 0) is 22.6 Å². The average molecular weight is 194 g/mol. The minimum absolute atomic E-state index is 0.0562. The minimum Gasteiger partial charge on any atom is -0.465 e. The first-order valence-electron chi connectivity index (χ1n) is 4.54. The van der Waals surface area contributed by atoms with Crippen LogP contribution in [0.4, 0.5) is 0 Å². The Morgan fingerprint density at radius 3 is 2.43 bits per heavy atom. The highest BCUT2D eigenvalue weighted by atomic mass is 16.5. The predicted molar refractivity (Wildman–Crippen MR) is 52.7 cm³/mol. The summed E-state index contributed by atoms with van der Waals surface area (Å²) in [6, 6.07) is 7.58. The summed E-state index contributed by atoms with van der Waals surface area (Å²) in [5.74, 6) is 0. The molecule has 1 rings (SSSR count). The molecule has 0 heterocycles. The van der Waals surface area contributed by atoms with Crippen LogP contribution in [0.5, 0.6) is 0 Å². The number of ether oxygens (including phenoxy) is 1. The maximum absolute atomic E-state index is 10.1. The van der Waals surface area contributed by atoms with Crippen LogP contribution < -0.4 is 0 Å². The standard InChI is InChI=1S/C11H14O3/c1-9(14-8-13)6-10-2-4-11(7-12)5-3-10/h2-5,8-9,12H,6-7H2,1H3. The minimum atomic E-state index is -0.104. The van der Waals surface area contributed by atoms with Gasteiger partial charge in [-0.1, -0.05) is 24.3 Å². The largest absolute Gasteiger partial charge is 0.465 e. The summed E-state index contributed by atoms with van der Waals surface area (Å²) in [5.41, 5.74) is 1.98. The Morgan fingerprint density at radius 2 is 1.93 bits per heavy atom. The van der Waals surface area contributed by atoms with Crippen molar-refractivity contribution >= 4 is 6.47 Å². The van der Waals surface area contributed by atoms with E-state index in [4.69, 9.17) is 9.84 Å². The van der Waals surface area contributed by atoms with Crippen LogP contribution >= 0.6 is 0 Å². The predicted octanol–water partition coefficient (Wildman–Crippen LogP) is 1.28. The van der Waals surface area contributed by atoms with Gasteiger partial charge in [0.1, 0.15) is 6.10 Å². The number of hydrogen-bond acceptors (Lipinski definition) is 3. The highest BCUT2D eigenvalue weighted by molar-refractivity contribution is 5.37. The molecule has 76 valence electrons. The number of carbonyl (C=O) groups excluding carboxylic acids is 1. The molecule has 3 heteroatoms. The fourth-order valence-electron chi connectivity index (χ4n) is 1.26. The highest BCUT2D eigenvalue weighted by Gasteiger charge is 2.02. The number of hydrogen-bond donors (Lipinski definition) is 1. The molecule has 0 fully saturated rings. The van der Waals surface area contributed by atoms with Gasteiger partial charge in [-0.25, -0.2) is 0 Å². The third kappa shape index (κ3) is 3.18. The van der Waals surface area contributed by atoms with Gasteiger partial charge in [-0.15, -0.1) is 0 Å². The van der Waals surface area contributed by atoms with E-state index in [1.165, 1.54) is 0 Å². The van der Waals surface area contributed by atoms with Gasteiger partial charge in [0.2, 0.25) is 0 Å². The Balaban J connectivity index is 2.54. The zero-order valence-corrected chi connectivity index (χ0v) is 8.14. The third-order valence-corrected chi connectivity index (χ3v) is 2.02. The second-order valence-corrected chi connectivity index (χ2v) is 3.22. The number of carbonyl (C=O) groups is 1. The zero-order valence-electron chi connectivity index (χ0n) is 8.14. The zero-order chi connectivity index (χ0) is 10.4. The van der Waals surface area contributed by atoms with E-state index in [0.29, 0.717) is 12.9 Å². The van der Waals surface area contributed by atoms with Crippen molar-refractivity contribution in [1.29, 1.82) is 0 Å². The normalized spacial score (nSPS) is 12.1. The smallest absolute Gasteiger partial charge is 0.293 e. The molecule has 1 aromatic rings. The Morgan fingerprint density at radius 1 is 1.36 bits per heavy atom. The average Bonchev–Trinajstić information content (AvgIpc) is 2.19. The van der Waals surface area contributed by atoms with Crippen molar-refractivity contribution in [2.24, 2.45) is 0 Å². The van der Waals surface area contributed by atoms with Crippen LogP contribution in [0.3, 0.4) is 0 Å². The van der Waals surface area contributed by atoms with Crippen LogP contribution in [0, 0.1) is 0 Å². The molecule has 3 nitrogen and oxygen atoms in total. The van der Waals surface area contributed by atoms with Gasteiger partial charge in [-0.3, -0.25) is 4.79 Å². The van der Waals surface area contributed by atoms with Crippen LogP contribution in [0.15, 0.2) is 24.3 Å². The van der Waals surface area contributed by atoms with Crippen LogP contribution in [0.2, 0.25) is 0 Å². The van der Waals surface area contributed by atoms with Gasteiger partial charge in [0.05, 0.1) is 6.61 Å². The number of aliphatic hydroxyl groups excluding tert-OH is 1. The molecule has 1 N–H and O–H groups in total. The summed E-state index contributed by atoms with van der Waals surface area (Å²) in [5, 5.41) is 8.82. The maximum Gasteiger partial charge on any atom is 0.293 e. The van der Waals surface area contributed by atoms with E-state index in [1.54, 1.807) is 0 Å². The number of rotatable bonds is 5. The summed E-state index contributed by atoms with van der Waals surface area (Å²) >= 11 is 0. The molecular weight excluding hydrogens is 180 g/mol. The molecule has 1 aromatic carbocycles. The second kappa shape index (κ2) is 5.40. The fraction of sp³-hybridized carbons (Fsp3) is 0.364. The van der Waals surface area contributed by atoms with Gasteiger partial charge in [0.25, 0.3) is 6.47 Å². The molecule has 1 atom stereocenters. The van der Waals surface area contributed by atoms with E-state index < -0.39 is 0 Å². The Labute approximate surface area is 83.3 Å². The van der Waals surface area contributed by atoms with E-state index in [9.17, 15) is 4.79 Å². The molecule has 0 spiro atoms. The summed E-state index contributed by atoms with van der Waals surface area (Å²) in [6.45, 7) is 2.36. The van der Waals surface area contributed by atoms with E-state index in [0.717, 1.165) is 11.1 Å². The quantitative estimate of drug-likeness (QED) is 0.718. The van der Waals surface area contributed by atoms with Crippen LogP contribution in [0.1, 0.15) is 18.1 Å². The van der Waals surface area contributed by atoms with Gasteiger partial charge < -0.3 is 9.84 Å². The first kappa shape index (κ1) is 10.7. The van der Waals surface area contributed by atoms with Gasteiger partial charge in [-0.05, 0) is 18.1 Å². The van der Waals surface area contributed by atoms with E-state index in [1.807, 2.05) is 31.2 Å². The summed E-state index contributed by atoms with van der Waals surface area (Å²) < 4.78 is 4.77. The lowest BCUT2D eigenvalue weighted by Crippen LogP contribution is -2.10. The lowest BCUT2D eigenvalue weighted by Gasteiger charge is -2.09. The number of benzene rings is 1. The molecule has 0 saturated heterocycles.